The molecule has 2 nitrogen and oxygen atoms in total. The molecule has 2 aliphatic rings. The first-order valence-electron chi connectivity index (χ1n) is 6.71. The van der Waals surface area contributed by atoms with Crippen molar-refractivity contribution >= 4 is 0 Å². The highest BCUT2D eigenvalue weighted by molar-refractivity contribution is 4.88. The molecule has 1 atom stereocenters. The molecule has 1 heterocycles. The molecule has 0 aromatic heterocycles. The fraction of sp³-hybridized carbons (Fsp3) is 1.00. The van der Waals surface area contributed by atoms with Gasteiger partial charge in [-0.2, -0.15) is 0 Å². The second-order valence-corrected chi connectivity index (χ2v) is 5.21. The van der Waals surface area contributed by atoms with Gasteiger partial charge in [0.05, 0.1) is 6.10 Å². The quantitative estimate of drug-likeness (QED) is 0.758. The van der Waals surface area contributed by atoms with Gasteiger partial charge >= 0.3 is 0 Å². The molecular formula is C13H25NO. The second-order valence-electron chi connectivity index (χ2n) is 5.21. The number of hydrogen-bond acceptors (Lipinski definition) is 2. The van der Waals surface area contributed by atoms with Crippen LogP contribution in [0.5, 0.6) is 0 Å². The Bertz CT molecular complexity index is 197. The maximum atomic E-state index is 6.25. The van der Waals surface area contributed by atoms with Crippen molar-refractivity contribution in [1.29, 1.82) is 0 Å². The number of hydrogen-bond donors (Lipinski definition) is 1. The van der Waals surface area contributed by atoms with Crippen LogP contribution in [0.1, 0.15) is 58.8 Å². The largest absolute Gasteiger partial charge is 0.357 e. The summed E-state index contributed by atoms with van der Waals surface area (Å²) in [6.45, 7) is 5.70. The Labute approximate surface area is 93.8 Å². The zero-order chi connectivity index (χ0) is 10.7. The van der Waals surface area contributed by atoms with Gasteiger partial charge in [-0.1, -0.05) is 20.3 Å². The molecule has 2 fully saturated rings. The van der Waals surface area contributed by atoms with Crippen molar-refractivity contribution in [2.75, 3.05) is 6.54 Å². The molecule has 0 bridgehead atoms. The van der Waals surface area contributed by atoms with Crippen LogP contribution >= 0.6 is 0 Å². The molecular weight excluding hydrogens is 186 g/mol. The molecule has 1 aliphatic carbocycles. The average molecular weight is 211 g/mol. The van der Waals surface area contributed by atoms with Crippen LogP contribution < -0.4 is 5.32 Å². The molecule has 1 N–H and O–H groups in total. The van der Waals surface area contributed by atoms with Gasteiger partial charge in [0, 0.05) is 6.54 Å². The van der Waals surface area contributed by atoms with Gasteiger partial charge in [-0.15, -0.1) is 0 Å². The number of nitrogens with one attached hydrogen (secondary N) is 1. The summed E-state index contributed by atoms with van der Waals surface area (Å²) >= 11 is 0. The Kier molecular flexibility index (Phi) is 3.68. The predicted molar refractivity (Wildman–Crippen MR) is 62.8 cm³/mol. The fourth-order valence-corrected chi connectivity index (χ4v) is 3.01. The molecule has 2 heteroatoms. The van der Waals surface area contributed by atoms with E-state index < -0.39 is 0 Å². The molecule has 1 aliphatic heterocycles. The maximum Gasteiger partial charge on any atom is 0.119 e. The van der Waals surface area contributed by atoms with Gasteiger partial charge in [-0.3, -0.25) is 5.32 Å². The molecule has 0 aromatic rings. The normalized spacial score (nSPS) is 42.0. The van der Waals surface area contributed by atoms with E-state index in [0.29, 0.717) is 6.10 Å². The highest BCUT2D eigenvalue weighted by atomic mass is 16.5. The predicted octanol–water partition coefficient (Wildman–Crippen LogP) is 3.07. The van der Waals surface area contributed by atoms with Gasteiger partial charge in [0.15, 0.2) is 0 Å². The lowest BCUT2D eigenvalue weighted by Crippen LogP contribution is -2.56. The third kappa shape index (κ3) is 2.54. The van der Waals surface area contributed by atoms with E-state index in [4.69, 9.17) is 4.74 Å². The molecule has 0 radical (unpaired) electrons. The molecule has 1 saturated carbocycles. The number of rotatable bonds is 2. The van der Waals surface area contributed by atoms with Crippen LogP contribution in [-0.4, -0.2) is 18.4 Å². The van der Waals surface area contributed by atoms with Crippen molar-refractivity contribution in [2.24, 2.45) is 5.92 Å². The molecule has 1 unspecified atom stereocenters. The van der Waals surface area contributed by atoms with Gasteiger partial charge in [0.1, 0.15) is 5.72 Å². The Morgan fingerprint density at radius 2 is 1.87 bits per heavy atom. The molecule has 2 rings (SSSR count). The minimum Gasteiger partial charge on any atom is -0.357 e. The summed E-state index contributed by atoms with van der Waals surface area (Å²) in [5.41, 5.74) is 0.0601. The Morgan fingerprint density at radius 3 is 2.47 bits per heavy atom. The monoisotopic (exact) mass is 211 g/mol. The summed E-state index contributed by atoms with van der Waals surface area (Å²) in [5.74, 6) is 0.947. The minimum atomic E-state index is 0.0601. The van der Waals surface area contributed by atoms with E-state index in [2.05, 4.69) is 19.2 Å². The summed E-state index contributed by atoms with van der Waals surface area (Å²) in [7, 11) is 0. The van der Waals surface area contributed by atoms with Gasteiger partial charge < -0.3 is 4.74 Å². The van der Waals surface area contributed by atoms with Crippen molar-refractivity contribution in [3.8, 4) is 0 Å². The first-order chi connectivity index (χ1) is 7.28. The van der Waals surface area contributed by atoms with Crippen LogP contribution in [-0.2, 0) is 4.74 Å². The second kappa shape index (κ2) is 4.84. The zero-order valence-corrected chi connectivity index (χ0v) is 10.2. The summed E-state index contributed by atoms with van der Waals surface area (Å²) in [4.78, 5) is 0. The average Bonchev–Trinajstić information content (AvgIpc) is 2.30. The topological polar surface area (TPSA) is 21.3 Å². The zero-order valence-electron chi connectivity index (χ0n) is 10.2. The molecule has 1 spiro atoms. The van der Waals surface area contributed by atoms with Crippen LogP contribution in [0.4, 0.5) is 0 Å². The van der Waals surface area contributed by atoms with E-state index >= 15 is 0 Å². The summed E-state index contributed by atoms with van der Waals surface area (Å²) in [6.07, 6.45) is 9.34. The van der Waals surface area contributed by atoms with Crippen LogP contribution in [0, 0.1) is 5.92 Å². The fourth-order valence-electron chi connectivity index (χ4n) is 3.01. The van der Waals surface area contributed by atoms with E-state index in [1.807, 2.05) is 0 Å². The van der Waals surface area contributed by atoms with E-state index in [1.54, 1.807) is 0 Å². The molecule has 1 saturated heterocycles. The van der Waals surface area contributed by atoms with Crippen molar-refractivity contribution < 1.29 is 4.74 Å². The Morgan fingerprint density at radius 1 is 1.13 bits per heavy atom. The standard InChI is InChI=1S/C13H25NO/c1-3-11-5-8-13(9-6-11)14-10-7-12(4-2)15-13/h11-12,14H,3-10H2,1-2H3. The van der Waals surface area contributed by atoms with E-state index in [9.17, 15) is 0 Å². The third-order valence-corrected chi connectivity index (χ3v) is 4.25. The lowest BCUT2D eigenvalue weighted by atomic mass is 9.81. The van der Waals surface area contributed by atoms with Crippen molar-refractivity contribution in [1.82, 2.24) is 5.32 Å². The maximum absolute atomic E-state index is 6.25. The molecule has 0 aromatic carbocycles. The van der Waals surface area contributed by atoms with Gasteiger partial charge in [-0.05, 0) is 44.4 Å². The van der Waals surface area contributed by atoms with Crippen LogP contribution in [0.15, 0.2) is 0 Å². The lowest BCUT2D eigenvalue weighted by molar-refractivity contribution is -0.164. The SMILES string of the molecule is CCC1CCC2(CC1)NCCC(CC)O2. The highest BCUT2D eigenvalue weighted by Crippen LogP contribution is 2.37. The summed E-state index contributed by atoms with van der Waals surface area (Å²) in [5, 5.41) is 3.62. The van der Waals surface area contributed by atoms with Gasteiger partial charge in [0.2, 0.25) is 0 Å². The van der Waals surface area contributed by atoms with E-state index in [0.717, 1.165) is 12.5 Å². The van der Waals surface area contributed by atoms with Crippen LogP contribution in [0.2, 0.25) is 0 Å². The molecule has 15 heavy (non-hydrogen) atoms. The highest BCUT2D eigenvalue weighted by Gasteiger charge is 2.39. The first kappa shape index (κ1) is 11.4. The molecule has 0 amide bonds. The van der Waals surface area contributed by atoms with Gasteiger partial charge in [0.25, 0.3) is 0 Å². The first-order valence-corrected chi connectivity index (χ1v) is 6.71. The summed E-state index contributed by atoms with van der Waals surface area (Å²) in [6, 6.07) is 0. The third-order valence-electron chi connectivity index (χ3n) is 4.25. The van der Waals surface area contributed by atoms with Crippen molar-refractivity contribution in [3.05, 3.63) is 0 Å². The van der Waals surface area contributed by atoms with Crippen LogP contribution in [0.3, 0.4) is 0 Å². The Hall–Kier alpha value is -0.0800. The molecule has 88 valence electrons. The summed E-state index contributed by atoms with van der Waals surface area (Å²) < 4.78 is 6.25. The van der Waals surface area contributed by atoms with Crippen LogP contribution in [0.25, 0.3) is 0 Å². The minimum absolute atomic E-state index is 0.0601. The lowest BCUT2D eigenvalue weighted by Gasteiger charge is -2.46. The van der Waals surface area contributed by atoms with Crippen molar-refractivity contribution in [2.45, 2.75) is 70.6 Å². The smallest absolute Gasteiger partial charge is 0.119 e. The Balaban J connectivity index is 1.90. The van der Waals surface area contributed by atoms with Gasteiger partial charge in [-0.25, -0.2) is 0 Å². The van der Waals surface area contributed by atoms with E-state index in [-0.39, 0.29) is 5.72 Å². The number of ether oxygens (including phenoxy) is 1. The van der Waals surface area contributed by atoms with Crippen molar-refractivity contribution in [3.63, 3.8) is 0 Å². The van der Waals surface area contributed by atoms with E-state index in [1.165, 1.54) is 44.9 Å².